The lowest BCUT2D eigenvalue weighted by molar-refractivity contribution is 0.0980. The molecule has 4 heteroatoms. The minimum absolute atomic E-state index is 0.352. The SMILES string of the molecule is OC(c1ccccc1)C(F)(Cl)Cl. The molecule has 1 aromatic rings. The van der Waals surface area contributed by atoms with Crippen molar-refractivity contribution in [2.24, 2.45) is 0 Å². The molecule has 0 fully saturated rings. The normalized spacial score (nSPS) is 14.3. The summed E-state index contributed by atoms with van der Waals surface area (Å²) >= 11 is 10.1. The van der Waals surface area contributed by atoms with Gasteiger partial charge in [0, 0.05) is 0 Å². The highest BCUT2D eigenvalue weighted by atomic mass is 35.5. The van der Waals surface area contributed by atoms with Crippen molar-refractivity contribution in [3.63, 3.8) is 0 Å². The highest BCUT2D eigenvalue weighted by Crippen LogP contribution is 2.36. The van der Waals surface area contributed by atoms with Gasteiger partial charge in [0.15, 0.2) is 0 Å². The molecular formula is C8H7Cl2FO. The molecule has 0 aliphatic heterocycles. The zero-order valence-corrected chi connectivity index (χ0v) is 7.56. The number of halogens is 3. The minimum atomic E-state index is -2.64. The number of alkyl halides is 3. The van der Waals surface area contributed by atoms with E-state index in [4.69, 9.17) is 23.2 Å². The summed E-state index contributed by atoms with van der Waals surface area (Å²) in [6.45, 7) is 0. The average molecular weight is 209 g/mol. The molecule has 1 rings (SSSR count). The second-order valence-corrected chi connectivity index (χ2v) is 3.65. The smallest absolute Gasteiger partial charge is 0.287 e. The second kappa shape index (κ2) is 3.60. The Morgan fingerprint density at radius 2 is 1.75 bits per heavy atom. The Bertz CT molecular complexity index is 245. The van der Waals surface area contributed by atoms with Crippen LogP contribution in [0.5, 0.6) is 0 Å². The van der Waals surface area contributed by atoms with Crippen LogP contribution in [0.25, 0.3) is 0 Å². The summed E-state index contributed by atoms with van der Waals surface area (Å²) in [5.41, 5.74) is 0.352. The maximum Gasteiger partial charge on any atom is 0.287 e. The molecule has 1 atom stereocenters. The van der Waals surface area contributed by atoms with Crippen LogP contribution in [-0.4, -0.2) is 9.69 Å². The van der Waals surface area contributed by atoms with Gasteiger partial charge in [-0.3, -0.25) is 0 Å². The zero-order chi connectivity index (χ0) is 9.19. The summed E-state index contributed by atoms with van der Waals surface area (Å²) in [6, 6.07) is 8.17. The topological polar surface area (TPSA) is 20.2 Å². The van der Waals surface area contributed by atoms with Crippen LogP contribution in [0.2, 0.25) is 0 Å². The summed E-state index contributed by atoms with van der Waals surface area (Å²) in [4.78, 5) is 0. The number of benzene rings is 1. The summed E-state index contributed by atoms with van der Waals surface area (Å²) in [5.74, 6) is 0. The van der Waals surface area contributed by atoms with E-state index in [1.165, 1.54) is 0 Å². The molecule has 12 heavy (non-hydrogen) atoms. The van der Waals surface area contributed by atoms with E-state index in [9.17, 15) is 9.50 Å². The molecule has 0 saturated carbocycles. The lowest BCUT2D eigenvalue weighted by Crippen LogP contribution is -2.17. The summed E-state index contributed by atoms with van der Waals surface area (Å²) in [6.07, 6.45) is -1.51. The molecule has 0 amide bonds. The molecule has 0 aromatic heterocycles. The minimum Gasteiger partial charge on any atom is -0.382 e. The molecule has 1 unspecified atom stereocenters. The van der Waals surface area contributed by atoms with Gasteiger partial charge in [-0.25, -0.2) is 4.39 Å². The molecule has 1 N–H and O–H groups in total. The van der Waals surface area contributed by atoms with Crippen molar-refractivity contribution in [1.29, 1.82) is 0 Å². The van der Waals surface area contributed by atoms with Crippen molar-refractivity contribution in [3.8, 4) is 0 Å². The van der Waals surface area contributed by atoms with Crippen LogP contribution < -0.4 is 0 Å². The molecule has 0 aliphatic carbocycles. The van der Waals surface area contributed by atoms with Crippen LogP contribution in [0, 0.1) is 0 Å². The van der Waals surface area contributed by atoms with Crippen LogP contribution in [-0.2, 0) is 0 Å². The standard InChI is InChI=1S/C8H7Cl2FO/c9-8(10,11)7(12)6-4-2-1-3-5-6/h1-5,7,12H. The molecule has 0 radical (unpaired) electrons. The van der Waals surface area contributed by atoms with E-state index < -0.39 is 10.7 Å². The van der Waals surface area contributed by atoms with Crippen molar-refractivity contribution >= 4 is 23.2 Å². The molecule has 0 aliphatic rings. The van der Waals surface area contributed by atoms with Crippen molar-refractivity contribution in [2.75, 3.05) is 0 Å². The molecule has 0 spiro atoms. The first-order chi connectivity index (χ1) is 5.52. The number of rotatable bonds is 2. The summed E-state index contributed by atoms with van der Waals surface area (Å²) in [7, 11) is 0. The van der Waals surface area contributed by atoms with Crippen molar-refractivity contribution in [2.45, 2.75) is 10.7 Å². The van der Waals surface area contributed by atoms with Crippen LogP contribution >= 0.6 is 23.2 Å². The third-order valence-corrected chi connectivity index (χ3v) is 1.84. The lowest BCUT2D eigenvalue weighted by Gasteiger charge is -2.17. The van der Waals surface area contributed by atoms with Gasteiger partial charge >= 0.3 is 0 Å². The van der Waals surface area contributed by atoms with Gasteiger partial charge in [-0.05, 0) is 5.56 Å². The molecule has 0 heterocycles. The van der Waals surface area contributed by atoms with E-state index >= 15 is 0 Å². The molecule has 1 aromatic carbocycles. The average Bonchev–Trinajstić information content (AvgIpc) is 2.03. The predicted octanol–water partition coefficient (Wildman–Crippen LogP) is 2.82. The quantitative estimate of drug-likeness (QED) is 0.742. The van der Waals surface area contributed by atoms with E-state index in [0.717, 1.165) is 0 Å². The first-order valence-electron chi connectivity index (χ1n) is 3.31. The van der Waals surface area contributed by atoms with E-state index in [2.05, 4.69) is 0 Å². The van der Waals surface area contributed by atoms with Gasteiger partial charge in [-0.2, -0.15) is 0 Å². The summed E-state index contributed by atoms with van der Waals surface area (Å²) in [5, 5.41) is 9.22. The van der Waals surface area contributed by atoms with E-state index in [1.54, 1.807) is 30.3 Å². The van der Waals surface area contributed by atoms with Crippen molar-refractivity contribution in [3.05, 3.63) is 35.9 Å². The monoisotopic (exact) mass is 208 g/mol. The Morgan fingerprint density at radius 1 is 1.25 bits per heavy atom. The molecular weight excluding hydrogens is 202 g/mol. The molecule has 0 bridgehead atoms. The highest BCUT2D eigenvalue weighted by Gasteiger charge is 2.34. The Balaban J connectivity index is 2.86. The maximum absolute atomic E-state index is 12.7. The van der Waals surface area contributed by atoms with Crippen molar-refractivity contribution in [1.82, 2.24) is 0 Å². The number of aliphatic hydroxyl groups is 1. The number of hydrogen-bond acceptors (Lipinski definition) is 1. The van der Waals surface area contributed by atoms with Gasteiger partial charge < -0.3 is 5.11 Å². The van der Waals surface area contributed by atoms with Crippen LogP contribution in [0.4, 0.5) is 4.39 Å². The third-order valence-electron chi connectivity index (χ3n) is 1.43. The van der Waals surface area contributed by atoms with Gasteiger partial charge in [0.05, 0.1) is 0 Å². The molecule has 66 valence electrons. The Hall–Kier alpha value is -0.310. The Kier molecular flexibility index (Phi) is 2.94. The van der Waals surface area contributed by atoms with Crippen LogP contribution in [0.3, 0.4) is 0 Å². The number of hydrogen-bond donors (Lipinski definition) is 1. The first-order valence-corrected chi connectivity index (χ1v) is 4.07. The van der Waals surface area contributed by atoms with Gasteiger partial charge in [-0.1, -0.05) is 53.5 Å². The van der Waals surface area contributed by atoms with Gasteiger partial charge in [0.25, 0.3) is 4.59 Å². The third kappa shape index (κ3) is 2.34. The van der Waals surface area contributed by atoms with Crippen LogP contribution in [0.15, 0.2) is 30.3 Å². The largest absolute Gasteiger partial charge is 0.382 e. The van der Waals surface area contributed by atoms with E-state index in [1.807, 2.05) is 0 Å². The van der Waals surface area contributed by atoms with E-state index in [-0.39, 0.29) is 0 Å². The fourth-order valence-electron chi connectivity index (χ4n) is 0.824. The maximum atomic E-state index is 12.7. The van der Waals surface area contributed by atoms with Crippen molar-refractivity contribution < 1.29 is 9.50 Å². The molecule has 1 nitrogen and oxygen atoms in total. The Labute approximate surface area is 79.7 Å². The predicted molar refractivity (Wildman–Crippen MR) is 46.9 cm³/mol. The van der Waals surface area contributed by atoms with Gasteiger partial charge in [0.2, 0.25) is 0 Å². The Morgan fingerprint density at radius 3 is 2.17 bits per heavy atom. The zero-order valence-electron chi connectivity index (χ0n) is 6.05. The molecule has 0 saturated heterocycles. The summed E-state index contributed by atoms with van der Waals surface area (Å²) < 4.78 is 10.1. The second-order valence-electron chi connectivity index (χ2n) is 2.35. The van der Waals surface area contributed by atoms with Gasteiger partial charge in [0.1, 0.15) is 6.10 Å². The highest BCUT2D eigenvalue weighted by molar-refractivity contribution is 6.47. The van der Waals surface area contributed by atoms with E-state index in [0.29, 0.717) is 5.56 Å². The fourth-order valence-corrected chi connectivity index (χ4v) is 1.08. The lowest BCUT2D eigenvalue weighted by atomic mass is 10.1. The first kappa shape index (κ1) is 9.78. The number of aliphatic hydroxyl groups excluding tert-OH is 1. The van der Waals surface area contributed by atoms with Gasteiger partial charge in [-0.15, -0.1) is 0 Å². The fraction of sp³-hybridized carbons (Fsp3) is 0.250. The van der Waals surface area contributed by atoms with Crippen LogP contribution in [0.1, 0.15) is 11.7 Å².